The van der Waals surface area contributed by atoms with E-state index in [2.05, 4.69) is 10.2 Å². The number of carbonyl (C=O) groups excluding carboxylic acids is 2. The van der Waals surface area contributed by atoms with E-state index in [4.69, 9.17) is 18.6 Å². The Kier molecular flexibility index (Phi) is 5.74. The lowest BCUT2D eigenvalue weighted by Crippen LogP contribution is -2.29. The quantitative estimate of drug-likeness (QED) is 0.391. The number of amides is 1. The van der Waals surface area contributed by atoms with Crippen LogP contribution in [-0.4, -0.2) is 42.9 Å². The highest BCUT2D eigenvalue weighted by atomic mass is 16.5. The van der Waals surface area contributed by atoms with Crippen LogP contribution < -0.4 is 14.4 Å². The second kappa shape index (κ2) is 9.02. The SMILES string of the molecule is CCOC(=O)c1ccc(N2C(=O)c3n[nH]c(-c4ccco4)c3[C@@H]2c2ccc(OC)c(OC)c2)cc1. The van der Waals surface area contributed by atoms with Crippen molar-refractivity contribution in [1.82, 2.24) is 10.2 Å². The fourth-order valence-corrected chi connectivity index (χ4v) is 4.33. The van der Waals surface area contributed by atoms with E-state index in [1.807, 2.05) is 12.1 Å². The topological polar surface area (TPSA) is 107 Å². The smallest absolute Gasteiger partial charge is 0.338 e. The molecule has 4 aromatic rings. The average molecular weight is 473 g/mol. The first kappa shape index (κ1) is 22.3. The lowest BCUT2D eigenvalue weighted by atomic mass is 9.97. The standard InChI is InChI=1S/C26H23N3O6/c1-4-34-26(31)15-7-10-17(11-8-15)29-24(16-9-12-18(32-2)20(14-16)33-3)21-22(19-6-5-13-35-19)27-28-23(21)25(29)30/h5-14,24H,4H2,1-3H3,(H,27,28)/t24-/m0/s1. The third-order valence-electron chi connectivity index (χ3n) is 5.90. The minimum absolute atomic E-state index is 0.280. The minimum atomic E-state index is -0.537. The van der Waals surface area contributed by atoms with E-state index in [0.29, 0.717) is 45.5 Å². The summed E-state index contributed by atoms with van der Waals surface area (Å²) in [4.78, 5) is 27.4. The van der Waals surface area contributed by atoms with Crippen LogP contribution in [0.2, 0.25) is 0 Å². The highest BCUT2D eigenvalue weighted by Crippen LogP contribution is 2.46. The van der Waals surface area contributed by atoms with Crippen LogP contribution in [0.15, 0.2) is 65.3 Å². The molecule has 9 nitrogen and oxygen atoms in total. The highest BCUT2D eigenvalue weighted by molar-refractivity contribution is 6.11. The van der Waals surface area contributed by atoms with Crippen LogP contribution in [-0.2, 0) is 4.74 Å². The summed E-state index contributed by atoms with van der Waals surface area (Å²) < 4.78 is 21.6. The number of rotatable bonds is 7. The number of fused-ring (bicyclic) bond motifs is 1. The molecule has 0 fully saturated rings. The number of hydrogen-bond donors (Lipinski definition) is 1. The first-order chi connectivity index (χ1) is 17.1. The van der Waals surface area contributed by atoms with Gasteiger partial charge in [0.15, 0.2) is 23.0 Å². The molecule has 178 valence electrons. The molecule has 2 aromatic heterocycles. The van der Waals surface area contributed by atoms with Crippen LogP contribution in [0, 0.1) is 0 Å². The number of H-pyrrole nitrogens is 1. The Morgan fingerprint density at radius 1 is 1.09 bits per heavy atom. The van der Waals surface area contributed by atoms with Crippen LogP contribution >= 0.6 is 0 Å². The number of nitrogens with one attached hydrogen (secondary N) is 1. The average Bonchev–Trinajstić information content (AvgIpc) is 3.62. The highest BCUT2D eigenvalue weighted by Gasteiger charge is 2.44. The molecule has 0 saturated carbocycles. The summed E-state index contributed by atoms with van der Waals surface area (Å²) in [5.74, 6) is 0.974. The summed E-state index contributed by atoms with van der Waals surface area (Å²) in [6, 6.07) is 15.3. The van der Waals surface area contributed by atoms with Crippen LogP contribution in [0.5, 0.6) is 11.5 Å². The number of benzene rings is 2. The molecule has 1 aliphatic heterocycles. The largest absolute Gasteiger partial charge is 0.493 e. The van der Waals surface area contributed by atoms with E-state index in [0.717, 1.165) is 5.56 Å². The van der Waals surface area contributed by atoms with Gasteiger partial charge in [-0.15, -0.1) is 0 Å². The Morgan fingerprint density at radius 3 is 2.51 bits per heavy atom. The Bertz CT molecular complexity index is 1370. The molecule has 0 saturated heterocycles. The van der Waals surface area contributed by atoms with Crippen molar-refractivity contribution in [2.24, 2.45) is 0 Å². The first-order valence-electron chi connectivity index (χ1n) is 11.0. The number of methoxy groups -OCH3 is 2. The number of furan rings is 1. The zero-order valence-corrected chi connectivity index (χ0v) is 19.4. The number of anilines is 1. The molecule has 5 rings (SSSR count). The second-order valence-electron chi connectivity index (χ2n) is 7.80. The van der Waals surface area contributed by atoms with Crippen LogP contribution in [0.1, 0.15) is 44.9 Å². The van der Waals surface area contributed by atoms with Gasteiger partial charge >= 0.3 is 5.97 Å². The molecule has 0 spiro atoms. The number of carbonyl (C=O) groups is 2. The van der Waals surface area contributed by atoms with Gasteiger partial charge < -0.3 is 18.6 Å². The van der Waals surface area contributed by atoms with Gasteiger partial charge in [-0.05, 0) is 61.0 Å². The number of ether oxygens (including phenoxy) is 3. The van der Waals surface area contributed by atoms with E-state index in [9.17, 15) is 9.59 Å². The molecule has 1 N–H and O–H groups in total. The molecule has 0 bridgehead atoms. The fourth-order valence-electron chi connectivity index (χ4n) is 4.33. The molecule has 3 heterocycles. The van der Waals surface area contributed by atoms with E-state index >= 15 is 0 Å². The summed E-state index contributed by atoms with van der Waals surface area (Å²) in [5, 5.41) is 7.29. The van der Waals surface area contributed by atoms with Crippen molar-refractivity contribution in [1.29, 1.82) is 0 Å². The lowest BCUT2D eigenvalue weighted by molar-refractivity contribution is 0.0526. The maximum atomic E-state index is 13.6. The minimum Gasteiger partial charge on any atom is -0.493 e. The molecular weight excluding hydrogens is 450 g/mol. The van der Waals surface area contributed by atoms with Gasteiger partial charge in [-0.25, -0.2) is 4.79 Å². The van der Waals surface area contributed by atoms with Gasteiger partial charge in [-0.3, -0.25) is 14.8 Å². The number of esters is 1. The first-order valence-corrected chi connectivity index (χ1v) is 11.0. The van der Waals surface area contributed by atoms with Crippen molar-refractivity contribution in [2.75, 3.05) is 25.7 Å². The van der Waals surface area contributed by atoms with E-state index < -0.39 is 12.0 Å². The lowest BCUT2D eigenvalue weighted by Gasteiger charge is -2.27. The van der Waals surface area contributed by atoms with Gasteiger partial charge in [0, 0.05) is 11.3 Å². The second-order valence-corrected chi connectivity index (χ2v) is 7.80. The van der Waals surface area contributed by atoms with Gasteiger partial charge in [0.1, 0.15) is 5.69 Å². The molecule has 35 heavy (non-hydrogen) atoms. The molecular formula is C26H23N3O6. The molecule has 0 radical (unpaired) electrons. The van der Waals surface area contributed by atoms with Gasteiger partial charge in [-0.1, -0.05) is 6.07 Å². The predicted octanol–water partition coefficient (Wildman–Crippen LogP) is 4.61. The van der Waals surface area contributed by atoms with Crippen molar-refractivity contribution in [3.05, 3.63) is 83.2 Å². The number of nitrogens with zero attached hydrogens (tertiary/aromatic N) is 2. The molecule has 0 unspecified atom stereocenters. The third-order valence-corrected chi connectivity index (χ3v) is 5.90. The Hall–Kier alpha value is -4.53. The van der Waals surface area contributed by atoms with Crippen molar-refractivity contribution in [3.8, 4) is 23.0 Å². The van der Waals surface area contributed by atoms with Crippen molar-refractivity contribution in [2.45, 2.75) is 13.0 Å². The number of aromatic amines is 1. The van der Waals surface area contributed by atoms with Crippen molar-refractivity contribution >= 4 is 17.6 Å². The summed E-state index contributed by atoms with van der Waals surface area (Å²) >= 11 is 0. The summed E-state index contributed by atoms with van der Waals surface area (Å²) in [6.45, 7) is 2.03. The maximum absolute atomic E-state index is 13.6. The molecule has 2 aromatic carbocycles. The van der Waals surface area contributed by atoms with Crippen LogP contribution in [0.25, 0.3) is 11.5 Å². The van der Waals surface area contributed by atoms with Crippen molar-refractivity contribution in [3.63, 3.8) is 0 Å². The van der Waals surface area contributed by atoms with E-state index in [1.165, 1.54) is 0 Å². The summed E-state index contributed by atoms with van der Waals surface area (Å²) in [6.07, 6.45) is 1.57. The van der Waals surface area contributed by atoms with Crippen LogP contribution in [0.3, 0.4) is 0 Å². The van der Waals surface area contributed by atoms with Gasteiger partial charge in [0.25, 0.3) is 5.91 Å². The summed E-state index contributed by atoms with van der Waals surface area (Å²) in [7, 11) is 3.13. The summed E-state index contributed by atoms with van der Waals surface area (Å²) in [5.41, 5.74) is 3.39. The fraction of sp³-hybridized carbons (Fsp3) is 0.192. The zero-order valence-electron chi connectivity index (χ0n) is 19.4. The molecule has 1 atom stereocenters. The maximum Gasteiger partial charge on any atom is 0.338 e. The predicted molar refractivity (Wildman–Crippen MR) is 127 cm³/mol. The van der Waals surface area contributed by atoms with E-state index in [-0.39, 0.29) is 12.5 Å². The zero-order chi connectivity index (χ0) is 24.5. The normalized spacial score (nSPS) is 14.7. The number of hydrogen-bond acceptors (Lipinski definition) is 7. The molecule has 1 aliphatic rings. The Balaban J connectivity index is 1.65. The molecule has 0 aliphatic carbocycles. The third kappa shape index (κ3) is 3.71. The Labute approximate surface area is 201 Å². The number of aromatic nitrogens is 2. The van der Waals surface area contributed by atoms with Crippen LogP contribution in [0.4, 0.5) is 5.69 Å². The monoisotopic (exact) mass is 473 g/mol. The molecule has 1 amide bonds. The van der Waals surface area contributed by atoms with Gasteiger partial charge in [0.05, 0.1) is 38.7 Å². The van der Waals surface area contributed by atoms with Gasteiger partial charge in [0.2, 0.25) is 0 Å². The van der Waals surface area contributed by atoms with E-state index in [1.54, 1.807) is 74.8 Å². The van der Waals surface area contributed by atoms with Crippen molar-refractivity contribution < 1.29 is 28.2 Å². The Morgan fingerprint density at radius 2 is 1.86 bits per heavy atom. The molecule has 9 heteroatoms. The van der Waals surface area contributed by atoms with Gasteiger partial charge in [-0.2, -0.15) is 5.10 Å².